The van der Waals surface area contributed by atoms with Gasteiger partial charge in [-0.1, -0.05) is 6.92 Å². The highest BCUT2D eigenvalue weighted by Gasteiger charge is 2.23. The maximum absolute atomic E-state index is 8.79. The minimum absolute atomic E-state index is 0.677. The normalized spacial score (nSPS) is 19.7. The van der Waals surface area contributed by atoms with Crippen LogP contribution in [-0.2, 0) is 0 Å². The van der Waals surface area contributed by atoms with Crippen molar-refractivity contribution in [3.8, 4) is 6.07 Å². The second-order valence-electron chi connectivity index (χ2n) is 4.96. The molecule has 1 atom stereocenters. The van der Waals surface area contributed by atoms with Crippen LogP contribution in [0.3, 0.4) is 0 Å². The molecule has 0 bridgehead atoms. The number of nitrogens with zero attached hydrogens (tertiary/aromatic N) is 3. The molecule has 1 aromatic carbocycles. The number of nitriles is 1. The summed E-state index contributed by atoms with van der Waals surface area (Å²) in [5, 5.41) is 8.79. The van der Waals surface area contributed by atoms with E-state index >= 15 is 0 Å². The molecule has 1 aromatic rings. The molecule has 3 nitrogen and oxygen atoms in total. The highest BCUT2D eigenvalue weighted by atomic mass is 15.2. The molecule has 3 heteroatoms. The molecule has 1 fully saturated rings. The summed E-state index contributed by atoms with van der Waals surface area (Å²) >= 11 is 0. The van der Waals surface area contributed by atoms with Gasteiger partial charge in [-0.25, -0.2) is 0 Å². The van der Waals surface area contributed by atoms with E-state index in [1.54, 1.807) is 0 Å². The first-order chi connectivity index (χ1) is 8.74. The van der Waals surface area contributed by atoms with Crippen LogP contribution in [0.4, 0.5) is 5.69 Å². The second kappa shape index (κ2) is 5.88. The second-order valence-corrected chi connectivity index (χ2v) is 4.96. The SMILES string of the molecule is CCN1CCCC1CN(C)c1ccc(C#N)cc1. The van der Waals surface area contributed by atoms with E-state index in [1.807, 2.05) is 24.3 Å². The molecule has 0 aliphatic carbocycles. The molecule has 1 heterocycles. The van der Waals surface area contributed by atoms with Crippen molar-refractivity contribution in [3.05, 3.63) is 29.8 Å². The molecule has 0 radical (unpaired) electrons. The van der Waals surface area contributed by atoms with E-state index in [4.69, 9.17) is 5.26 Å². The maximum atomic E-state index is 8.79. The zero-order valence-corrected chi connectivity index (χ0v) is 11.3. The predicted molar refractivity (Wildman–Crippen MR) is 74.7 cm³/mol. The molecule has 1 saturated heterocycles. The van der Waals surface area contributed by atoms with Gasteiger partial charge in [0.15, 0.2) is 0 Å². The topological polar surface area (TPSA) is 30.3 Å². The lowest BCUT2D eigenvalue weighted by Crippen LogP contribution is -2.38. The number of anilines is 1. The first kappa shape index (κ1) is 12.9. The van der Waals surface area contributed by atoms with Crippen molar-refractivity contribution in [3.63, 3.8) is 0 Å². The highest BCUT2D eigenvalue weighted by Crippen LogP contribution is 2.20. The molecular weight excluding hydrogens is 222 g/mol. The molecule has 18 heavy (non-hydrogen) atoms. The van der Waals surface area contributed by atoms with E-state index in [9.17, 15) is 0 Å². The largest absolute Gasteiger partial charge is 0.373 e. The van der Waals surface area contributed by atoms with Gasteiger partial charge in [-0.15, -0.1) is 0 Å². The molecule has 0 spiro atoms. The van der Waals surface area contributed by atoms with Gasteiger partial charge in [-0.2, -0.15) is 5.26 Å². The first-order valence-corrected chi connectivity index (χ1v) is 6.70. The van der Waals surface area contributed by atoms with Crippen molar-refractivity contribution < 1.29 is 0 Å². The van der Waals surface area contributed by atoms with Crippen LogP contribution in [0.5, 0.6) is 0 Å². The van der Waals surface area contributed by atoms with E-state index in [-0.39, 0.29) is 0 Å². The van der Waals surface area contributed by atoms with Crippen molar-refractivity contribution in [1.29, 1.82) is 5.26 Å². The van der Waals surface area contributed by atoms with Crippen LogP contribution in [0.25, 0.3) is 0 Å². The van der Waals surface area contributed by atoms with Gasteiger partial charge in [-0.05, 0) is 50.2 Å². The van der Waals surface area contributed by atoms with Crippen molar-refractivity contribution in [1.82, 2.24) is 4.90 Å². The van der Waals surface area contributed by atoms with Crippen LogP contribution in [-0.4, -0.2) is 37.6 Å². The Bertz CT molecular complexity index is 418. The highest BCUT2D eigenvalue weighted by molar-refractivity contribution is 5.49. The minimum atomic E-state index is 0.677. The van der Waals surface area contributed by atoms with Crippen molar-refractivity contribution in [2.45, 2.75) is 25.8 Å². The van der Waals surface area contributed by atoms with E-state index in [2.05, 4.69) is 29.8 Å². The standard InChI is InChI=1S/C15H21N3/c1-3-18-10-4-5-15(18)12-17(2)14-8-6-13(11-16)7-9-14/h6-9,15H,3-5,10,12H2,1-2H3. The third-order valence-corrected chi connectivity index (χ3v) is 3.83. The lowest BCUT2D eigenvalue weighted by molar-refractivity contribution is 0.270. The summed E-state index contributed by atoms with van der Waals surface area (Å²) in [7, 11) is 2.13. The summed E-state index contributed by atoms with van der Waals surface area (Å²) in [5.41, 5.74) is 1.92. The van der Waals surface area contributed by atoms with Gasteiger partial charge in [0.05, 0.1) is 11.6 Å². The fraction of sp³-hybridized carbons (Fsp3) is 0.533. The lowest BCUT2D eigenvalue weighted by atomic mass is 10.1. The molecule has 0 amide bonds. The number of hydrogen-bond acceptors (Lipinski definition) is 3. The van der Waals surface area contributed by atoms with Gasteiger partial charge < -0.3 is 4.90 Å². The number of likely N-dealkylation sites (N-methyl/N-ethyl adjacent to an activating group) is 2. The summed E-state index contributed by atoms with van der Waals surface area (Å²) in [6, 6.07) is 10.7. The fourth-order valence-corrected chi connectivity index (χ4v) is 2.73. The summed E-state index contributed by atoms with van der Waals surface area (Å²) in [6.07, 6.45) is 2.62. The molecule has 1 aliphatic heterocycles. The van der Waals surface area contributed by atoms with Crippen LogP contribution < -0.4 is 4.90 Å². The number of likely N-dealkylation sites (tertiary alicyclic amines) is 1. The third kappa shape index (κ3) is 2.83. The molecule has 1 unspecified atom stereocenters. The van der Waals surface area contributed by atoms with Gasteiger partial charge in [0.2, 0.25) is 0 Å². The van der Waals surface area contributed by atoms with Crippen molar-refractivity contribution >= 4 is 5.69 Å². The molecule has 96 valence electrons. The number of hydrogen-bond donors (Lipinski definition) is 0. The Kier molecular flexibility index (Phi) is 4.22. The molecular formula is C15H21N3. The Balaban J connectivity index is 1.98. The van der Waals surface area contributed by atoms with E-state index in [1.165, 1.54) is 25.1 Å². The molecule has 0 N–H and O–H groups in total. The average molecular weight is 243 g/mol. The van der Waals surface area contributed by atoms with E-state index < -0.39 is 0 Å². The summed E-state index contributed by atoms with van der Waals surface area (Å²) in [4.78, 5) is 4.85. The average Bonchev–Trinajstić information content (AvgIpc) is 2.86. The number of benzene rings is 1. The van der Waals surface area contributed by atoms with Crippen LogP contribution in [0.2, 0.25) is 0 Å². The van der Waals surface area contributed by atoms with E-state index in [0.29, 0.717) is 6.04 Å². The molecule has 2 rings (SSSR count). The van der Waals surface area contributed by atoms with Crippen LogP contribution >= 0.6 is 0 Å². The Morgan fingerprint density at radius 2 is 2.11 bits per heavy atom. The zero-order chi connectivity index (χ0) is 13.0. The van der Waals surface area contributed by atoms with Gasteiger partial charge >= 0.3 is 0 Å². The van der Waals surface area contributed by atoms with Crippen LogP contribution in [0, 0.1) is 11.3 Å². The Morgan fingerprint density at radius 1 is 1.39 bits per heavy atom. The van der Waals surface area contributed by atoms with Crippen molar-refractivity contribution in [2.75, 3.05) is 31.6 Å². The molecule has 1 aliphatic rings. The van der Waals surface area contributed by atoms with E-state index in [0.717, 1.165) is 18.7 Å². The Labute approximate surface area is 110 Å². The lowest BCUT2D eigenvalue weighted by Gasteiger charge is -2.29. The predicted octanol–water partition coefficient (Wildman–Crippen LogP) is 2.48. The molecule has 0 aromatic heterocycles. The van der Waals surface area contributed by atoms with Gasteiger partial charge in [0.25, 0.3) is 0 Å². The molecule has 0 saturated carbocycles. The maximum Gasteiger partial charge on any atom is 0.0991 e. The Hall–Kier alpha value is -1.53. The monoisotopic (exact) mass is 243 g/mol. The summed E-state index contributed by atoms with van der Waals surface area (Å²) < 4.78 is 0. The first-order valence-electron chi connectivity index (χ1n) is 6.70. The van der Waals surface area contributed by atoms with Crippen LogP contribution in [0.15, 0.2) is 24.3 Å². The smallest absolute Gasteiger partial charge is 0.0991 e. The number of rotatable bonds is 4. The van der Waals surface area contributed by atoms with Gasteiger partial charge in [-0.3, -0.25) is 4.90 Å². The van der Waals surface area contributed by atoms with Gasteiger partial charge in [0.1, 0.15) is 0 Å². The van der Waals surface area contributed by atoms with Crippen molar-refractivity contribution in [2.24, 2.45) is 0 Å². The minimum Gasteiger partial charge on any atom is -0.373 e. The summed E-state index contributed by atoms with van der Waals surface area (Å²) in [6.45, 7) is 5.69. The fourth-order valence-electron chi connectivity index (χ4n) is 2.73. The van der Waals surface area contributed by atoms with Crippen LogP contribution in [0.1, 0.15) is 25.3 Å². The quantitative estimate of drug-likeness (QED) is 0.814. The Morgan fingerprint density at radius 3 is 2.72 bits per heavy atom. The summed E-state index contributed by atoms with van der Waals surface area (Å²) in [5.74, 6) is 0. The zero-order valence-electron chi connectivity index (χ0n) is 11.3. The van der Waals surface area contributed by atoms with Gasteiger partial charge in [0, 0.05) is 25.3 Å². The third-order valence-electron chi connectivity index (χ3n) is 3.83.